The van der Waals surface area contributed by atoms with Gasteiger partial charge in [0.2, 0.25) is 0 Å². The minimum Gasteiger partial charge on any atom is -0.494 e. The van der Waals surface area contributed by atoms with Gasteiger partial charge in [0.15, 0.2) is 5.13 Å². The van der Waals surface area contributed by atoms with Crippen LogP contribution in [0.2, 0.25) is 5.02 Å². The summed E-state index contributed by atoms with van der Waals surface area (Å²) in [4.78, 5) is 5.88. The molecular formula is C25H30ClN2O6PS2. The lowest BCUT2D eigenvalue weighted by atomic mass is 10.1. The number of benzene rings is 2. The van der Waals surface area contributed by atoms with Crippen LogP contribution < -0.4 is 9.04 Å². The Morgan fingerprint density at radius 2 is 1.78 bits per heavy atom. The lowest BCUT2D eigenvalue weighted by Gasteiger charge is -2.20. The highest BCUT2D eigenvalue weighted by Gasteiger charge is 2.30. The minimum atomic E-state index is -3.82. The van der Waals surface area contributed by atoms with Crippen LogP contribution in [-0.4, -0.2) is 45.9 Å². The fourth-order valence-corrected chi connectivity index (χ4v) is 8.77. The summed E-state index contributed by atoms with van der Waals surface area (Å²) in [5.74, 6) is 0.521. The van der Waals surface area contributed by atoms with Crippen LogP contribution in [0.4, 0.5) is 5.13 Å². The van der Waals surface area contributed by atoms with E-state index in [0.29, 0.717) is 48.6 Å². The summed E-state index contributed by atoms with van der Waals surface area (Å²) in [5.41, 5.74) is 2.92. The monoisotopic (exact) mass is 584 g/mol. The molecule has 0 amide bonds. The highest BCUT2D eigenvalue weighted by molar-refractivity contribution is 7.93. The van der Waals surface area contributed by atoms with Gasteiger partial charge in [-0.05, 0) is 69.2 Å². The Morgan fingerprint density at radius 1 is 1.08 bits per heavy atom. The molecule has 0 saturated carbocycles. The second kappa shape index (κ2) is 11.8. The third-order valence-electron chi connectivity index (χ3n) is 5.77. The third-order valence-corrected chi connectivity index (χ3v) is 11.2. The van der Waals surface area contributed by atoms with E-state index in [9.17, 15) is 13.0 Å². The minimum absolute atomic E-state index is 0.154. The Morgan fingerprint density at radius 3 is 2.43 bits per heavy atom. The van der Waals surface area contributed by atoms with E-state index >= 15 is 0 Å². The zero-order chi connectivity index (χ0) is 26.6. The second-order valence-corrected chi connectivity index (χ2v) is 13.8. The summed E-state index contributed by atoms with van der Waals surface area (Å²) in [6.07, 6.45) is 1.42. The number of sulfonamides is 1. The van der Waals surface area contributed by atoms with E-state index in [-0.39, 0.29) is 17.6 Å². The number of ether oxygens (including phenoxy) is 1. The number of anilines is 1. The van der Waals surface area contributed by atoms with Crippen LogP contribution in [-0.2, 0) is 30.1 Å². The number of fused-ring (bicyclic) bond motifs is 3. The van der Waals surface area contributed by atoms with Crippen molar-refractivity contribution in [3.63, 3.8) is 0 Å². The molecule has 8 nitrogen and oxygen atoms in total. The SMILES string of the molecule is CCOP(=O)(CCCOc1ccc(S(=O)(=O)N(CC)c2nc3c(s2)Cc2cc(Cl)ccc2-3)cc1)OCC. The molecule has 1 aromatic heterocycles. The first kappa shape index (κ1) is 28.1. The predicted octanol–water partition coefficient (Wildman–Crippen LogP) is 6.62. The van der Waals surface area contributed by atoms with Gasteiger partial charge in [-0.2, -0.15) is 0 Å². The normalized spacial score (nSPS) is 12.9. The van der Waals surface area contributed by atoms with Gasteiger partial charge in [0.05, 0.1) is 36.6 Å². The molecule has 1 heterocycles. The fraction of sp³-hybridized carbons (Fsp3) is 0.400. The van der Waals surface area contributed by atoms with Crippen LogP contribution in [0, 0.1) is 0 Å². The van der Waals surface area contributed by atoms with Crippen LogP contribution in [0.25, 0.3) is 11.3 Å². The zero-order valence-electron chi connectivity index (χ0n) is 21.0. The maximum absolute atomic E-state index is 13.5. The molecule has 200 valence electrons. The van der Waals surface area contributed by atoms with Crippen molar-refractivity contribution in [1.29, 1.82) is 0 Å². The Kier molecular flexibility index (Phi) is 8.99. The molecule has 1 aliphatic rings. The lowest BCUT2D eigenvalue weighted by molar-refractivity contribution is 0.216. The zero-order valence-corrected chi connectivity index (χ0v) is 24.3. The average molecular weight is 585 g/mol. The Labute approximate surface area is 227 Å². The van der Waals surface area contributed by atoms with Gasteiger partial charge >= 0.3 is 7.60 Å². The van der Waals surface area contributed by atoms with Crippen molar-refractivity contribution in [2.75, 3.05) is 36.8 Å². The molecule has 0 N–H and O–H groups in total. The number of aromatic nitrogens is 1. The van der Waals surface area contributed by atoms with Gasteiger partial charge < -0.3 is 13.8 Å². The van der Waals surface area contributed by atoms with Gasteiger partial charge in [0.1, 0.15) is 5.75 Å². The molecule has 1 aliphatic carbocycles. The molecule has 0 aliphatic heterocycles. The first-order valence-electron chi connectivity index (χ1n) is 12.1. The number of hydrogen-bond donors (Lipinski definition) is 0. The molecule has 2 aromatic carbocycles. The van der Waals surface area contributed by atoms with Crippen molar-refractivity contribution in [2.45, 2.75) is 38.5 Å². The summed E-state index contributed by atoms with van der Waals surface area (Å²) >= 11 is 7.51. The molecule has 0 spiro atoms. The first-order valence-corrected chi connectivity index (χ1v) is 16.5. The molecule has 37 heavy (non-hydrogen) atoms. The summed E-state index contributed by atoms with van der Waals surface area (Å²) in [6.45, 7) is 6.51. The van der Waals surface area contributed by atoms with Crippen LogP contribution in [0.5, 0.6) is 5.75 Å². The van der Waals surface area contributed by atoms with E-state index in [1.807, 2.05) is 18.2 Å². The smallest absolute Gasteiger partial charge is 0.330 e. The van der Waals surface area contributed by atoms with E-state index in [0.717, 1.165) is 21.7 Å². The Balaban J connectivity index is 1.42. The predicted molar refractivity (Wildman–Crippen MR) is 148 cm³/mol. The maximum atomic E-state index is 13.5. The molecule has 4 rings (SSSR count). The highest BCUT2D eigenvalue weighted by atomic mass is 35.5. The van der Waals surface area contributed by atoms with Crippen molar-refractivity contribution < 1.29 is 26.8 Å². The maximum Gasteiger partial charge on any atom is 0.330 e. The molecule has 0 bridgehead atoms. The van der Waals surface area contributed by atoms with Gasteiger partial charge in [-0.25, -0.2) is 17.7 Å². The second-order valence-electron chi connectivity index (χ2n) is 8.26. The van der Waals surface area contributed by atoms with Crippen molar-refractivity contribution in [3.05, 3.63) is 57.9 Å². The quantitative estimate of drug-likeness (QED) is 0.129. The molecule has 12 heteroatoms. The van der Waals surface area contributed by atoms with Gasteiger partial charge in [-0.1, -0.05) is 29.0 Å². The van der Waals surface area contributed by atoms with E-state index in [4.69, 9.17) is 30.4 Å². The Hall–Kier alpha value is -1.94. The van der Waals surface area contributed by atoms with Crippen molar-refractivity contribution in [1.82, 2.24) is 4.98 Å². The van der Waals surface area contributed by atoms with E-state index in [1.165, 1.54) is 27.8 Å². The van der Waals surface area contributed by atoms with Gasteiger partial charge in [0, 0.05) is 28.4 Å². The molecule has 0 radical (unpaired) electrons. The van der Waals surface area contributed by atoms with Gasteiger partial charge in [0.25, 0.3) is 10.0 Å². The van der Waals surface area contributed by atoms with Crippen molar-refractivity contribution in [3.8, 4) is 17.0 Å². The third kappa shape index (κ3) is 6.21. The summed E-state index contributed by atoms with van der Waals surface area (Å²) < 4.78 is 57.1. The van der Waals surface area contributed by atoms with E-state index in [1.54, 1.807) is 32.9 Å². The summed E-state index contributed by atoms with van der Waals surface area (Å²) in [5, 5.41) is 1.12. The first-order chi connectivity index (χ1) is 17.7. The number of hydrogen-bond acceptors (Lipinski definition) is 8. The number of rotatable bonds is 13. The molecule has 0 unspecified atom stereocenters. The fourth-order valence-electron chi connectivity index (χ4n) is 4.14. The largest absolute Gasteiger partial charge is 0.494 e. The lowest BCUT2D eigenvalue weighted by Crippen LogP contribution is -2.30. The van der Waals surface area contributed by atoms with E-state index in [2.05, 4.69) is 0 Å². The molecule has 0 fully saturated rings. The van der Waals surface area contributed by atoms with Gasteiger partial charge in [-0.3, -0.25) is 4.57 Å². The molecule has 0 atom stereocenters. The number of thiazole rings is 1. The number of nitrogens with zero attached hydrogens (tertiary/aromatic N) is 2. The standard InChI is InChI=1S/C25H30ClN2O6PS2/c1-4-28(25-27-24-22-13-8-19(26)16-18(22)17-23(24)36-25)37(30,31)21-11-9-20(10-12-21)32-14-7-15-35(29,33-5-2)34-6-3/h8-13,16H,4-7,14-15,17H2,1-3H3. The van der Waals surface area contributed by atoms with E-state index < -0.39 is 17.6 Å². The van der Waals surface area contributed by atoms with Crippen LogP contribution in [0.1, 0.15) is 37.6 Å². The van der Waals surface area contributed by atoms with Crippen LogP contribution >= 0.6 is 30.5 Å². The number of halogens is 1. The molecule has 0 saturated heterocycles. The Bertz CT molecular complexity index is 1380. The van der Waals surface area contributed by atoms with Crippen molar-refractivity contribution in [2.24, 2.45) is 0 Å². The van der Waals surface area contributed by atoms with Crippen LogP contribution in [0.15, 0.2) is 47.4 Å². The summed E-state index contributed by atoms with van der Waals surface area (Å²) in [7, 11) is -6.93. The van der Waals surface area contributed by atoms with Crippen LogP contribution in [0.3, 0.4) is 0 Å². The van der Waals surface area contributed by atoms with Crippen molar-refractivity contribution >= 4 is 45.7 Å². The topological polar surface area (TPSA) is 95.0 Å². The molecule has 3 aromatic rings. The summed E-state index contributed by atoms with van der Waals surface area (Å²) in [6, 6.07) is 12.0. The average Bonchev–Trinajstić information content (AvgIpc) is 3.40. The highest BCUT2D eigenvalue weighted by Crippen LogP contribution is 2.48. The molecular weight excluding hydrogens is 555 g/mol. The van der Waals surface area contributed by atoms with Gasteiger partial charge in [-0.15, -0.1) is 0 Å².